The van der Waals surface area contributed by atoms with Crippen LogP contribution in [0.1, 0.15) is 12.5 Å². The predicted molar refractivity (Wildman–Crippen MR) is 102 cm³/mol. The number of para-hydroxylation sites is 2. The zero-order valence-electron chi connectivity index (χ0n) is 15.5. The molecule has 2 aromatic carbocycles. The van der Waals surface area contributed by atoms with Crippen molar-refractivity contribution in [3.8, 4) is 5.75 Å². The molecule has 2 rings (SSSR count). The second kappa shape index (κ2) is 10.3. The number of methoxy groups -OCH3 is 1. The van der Waals surface area contributed by atoms with Gasteiger partial charge in [0.1, 0.15) is 11.6 Å². The Bertz CT molecular complexity index is 765. The number of nitrogens with one attached hydrogen (secondary N) is 2. The summed E-state index contributed by atoms with van der Waals surface area (Å²) in [6.45, 7) is 2.91. The second-order valence-electron chi connectivity index (χ2n) is 5.95. The van der Waals surface area contributed by atoms with Gasteiger partial charge < -0.3 is 15.4 Å². The van der Waals surface area contributed by atoms with Gasteiger partial charge in [0, 0.05) is 6.54 Å². The maximum atomic E-state index is 12.9. The molecule has 0 aliphatic heterocycles. The Hall–Kier alpha value is -2.93. The summed E-state index contributed by atoms with van der Waals surface area (Å²) >= 11 is 0. The minimum atomic E-state index is -0.316. The fourth-order valence-corrected chi connectivity index (χ4v) is 2.48. The molecule has 0 saturated heterocycles. The Morgan fingerprint density at radius 3 is 2.37 bits per heavy atom. The number of carbonyl (C=O) groups is 2. The van der Waals surface area contributed by atoms with Gasteiger partial charge in [-0.2, -0.15) is 0 Å². The van der Waals surface area contributed by atoms with E-state index in [1.807, 2.05) is 13.0 Å². The summed E-state index contributed by atoms with van der Waals surface area (Å²) in [5.41, 5.74) is 1.39. The van der Waals surface area contributed by atoms with E-state index in [9.17, 15) is 14.0 Å². The van der Waals surface area contributed by atoms with Crippen molar-refractivity contribution < 1.29 is 18.7 Å². The first-order chi connectivity index (χ1) is 13.0. The third-order valence-electron chi connectivity index (χ3n) is 3.97. The monoisotopic (exact) mass is 373 g/mol. The highest BCUT2D eigenvalue weighted by Gasteiger charge is 2.14. The van der Waals surface area contributed by atoms with E-state index in [-0.39, 0.29) is 30.7 Å². The van der Waals surface area contributed by atoms with E-state index in [0.717, 1.165) is 5.56 Å². The minimum absolute atomic E-state index is 0.0819. The van der Waals surface area contributed by atoms with Crippen LogP contribution in [0.5, 0.6) is 5.75 Å². The van der Waals surface area contributed by atoms with Crippen molar-refractivity contribution >= 4 is 17.5 Å². The molecule has 27 heavy (non-hydrogen) atoms. The van der Waals surface area contributed by atoms with Crippen LogP contribution in [-0.4, -0.2) is 43.5 Å². The molecule has 0 aliphatic carbocycles. The Balaban J connectivity index is 1.82. The first-order valence-electron chi connectivity index (χ1n) is 8.68. The first kappa shape index (κ1) is 20.4. The SMILES string of the molecule is CCN(CC(=O)NCc1ccc(F)cc1)CC(=O)Nc1ccccc1OC. The van der Waals surface area contributed by atoms with Gasteiger partial charge in [-0.1, -0.05) is 31.2 Å². The Labute approximate surface area is 158 Å². The average Bonchev–Trinajstić information content (AvgIpc) is 2.67. The summed E-state index contributed by atoms with van der Waals surface area (Å²) < 4.78 is 18.1. The highest BCUT2D eigenvalue weighted by Crippen LogP contribution is 2.22. The molecule has 0 saturated carbocycles. The molecule has 0 aliphatic rings. The second-order valence-corrected chi connectivity index (χ2v) is 5.95. The molecule has 0 heterocycles. The number of likely N-dealkylation sites (N-methyl/N-ethyl adjacent to an activating group) is 1. The van der Waals surface area contributed by atoms with Crippen LogP contribution in [0.2, 0.25) is 0 Å². The van der Waals surface area contributed by atoms with Crippen molar-refractivity contribution in [3.63, 3.8) is 0 Å². The molecule has 0 radical (unpaired) electrons. The number of hydrogen-bond donors (Lipinski definition) is 2. The van der Waals surface area contributed by atoms with E-state index < -0.39 is 0 Å². The summed E-state index contributed by atoms with van der Waals surface area (Å²) in [5, 5.41) is 5.56. The van der Waals surface area contributed by atoms with Crippen molar-refractivity contribution in [1.82, 2.24) is 10.2 Å². The van der Waals surface area contributed by atoms with E-state index in [4.69, 9.17) is 4.74 Å². The van der Waals surface area contributed by atoms with Crippen LogP contribution in [-0.2, 0) is 16.1 Å². The number of amides is 2. The topological polar surface area (TPSA) is 70.7 Å². The van der Waals surface area contributed by atoms with Crippen molar-refractivity contribution in [1.29, 1.82) is 0 Å². The molecule has 144 valence electrons. The Morgan fingerprint density at radius 2 is 1.70 bits per heavy atom. The molecule has 2 aromatic rings. The lowest BCUT2D eigenvalue weighted by Gasteiger charge is -2.19. The van der Waals surface area contributed by atoms with Gasteiger partial charge in [-0.05, 0) is 36.4 Å². The number of rotatable bonds is 9. The molecule has 0 bridgehead atoms. The fraction of sp³-hybridized carbons (Fsp3) is 0.300. The molecule has 0 aromatic heterocycles. The summed E-state index contributed by atoms with van der Waals surface area (Å²) in [5.74, 6) is -0.173. The van der Waals surface area contributed by atoms with Crippen molar-refractivity contribution in [2.75, 3.05) is 32.1 Å². The van der Waals surface area contributed by atoms with Crippen LogP contribution in [0.25, 0.3) is 0 Å². The van der Waals surface area contributed by atoms with Crippen molar-refractivity contribution in [3.05, 3.63) is 59.9 Å². The Kier molecular flexibility index (Phi) is 7.76. The minimum Gasteiger partial charge on any atom is -0.495 e. The Morgan fingerprint density at radius 1 is 1.04 bits per heavy atom. The summed E-state index contributed by atoms with van der Waals surface area (Å²) in [6.07, 6.45) is 0. The van der Waals surface area contributed by atoms with Gasteiger partial charge in [0.05, 0.1) is 25.9 Å². The van der Waals surface area contributed by atoms with Gasteiger partial charge in [0.15, 0.2) is 0 Å². The lowest BCUT2D eigenvalue weighted by atomic mass is 10.2. The summed E-state index contributed by atoms with van der Waals surface area (Å²) in [4.78, 5) is 26.1. The van der Waals surface area contributed by atoms with Crippen LogP contribution in [0, 0.1) is 5.82 Å². The zero-order chi connectivity index (χ0) is 19.6. The number of hydrogen-bond acceptors (Lipinski definition) is 4. The molecule has 2 amide bonds. The van der Waals surface area contributed by atoms with Gasteiger partial charge in [0.25, 0.3) is 0 Å². The number of anilines is 1. The standard InChI is InChI=1S/C20H24FN3O3/c1-3-24(13-19(25)22-12-15-8-10-16(21)11-9-15)14-20(26)23-17-6-4-5-7-18(17)27-2/h4-11H,3,12-14H2,1-2H3,(H,22,25)(H,23,26). The quantitative estimate of drug-likeness (QED) is 0.708. The number of benzene rings is 2. The maximum Gasteiger partial charge on any atom is 0.238 e. The number of ether oxygens (including phenoxy) is 1. The normalized spacial score (nSPS) is 10.5. The molecular formula is C20H24FN3O3. The van der Waals surface area contributed by atoms with Crippen LogP contribution in [0.3, 0.4) is 0 Å². The number of halogens is 1. The average molecular weight is 373 g/mol. The van der Waals surface area contributed by atoms with E-state index >= 15 is 0 Å². The molecule has 2 N–H and O–H groups in total. The van der Waals surface area contributed by atoms with E-state index in [1.165, 1.54) is 19.2 Å². The third kappa shape index (κ3) is 6.71. The molecule has 0 unspecified atom stereocenters. The van der Waals surface area contributed by atoms with Gasteiger partial charge in [-0.3, -0.25) is 14.5 Å². The van der Waals surface area contributed by atoms with Gasteiger partial charge in [-0.25, -0.2) is 4.39 Å². The van der Waals surface area contributed by atoms with Gasteiger partial charge in [0.2, 0.25) is 11.8 Å². The highest BCUT2D eigenvalue weighted by molar-refractivity contribution is 5.94. The van der Waals surface area contributed by atoms with Gasteiger partial charge >= 0.3 is 0 Å². The first-order valence-corrected chi connectivity index (χ1v) is 8.68. The molecule has 0 atom stereocenters. The predicted octanol–water partition coefficient (Wildman–Crippen LogP) is 2.41. The van der Waals surface area contributed by atoms with Crippen LogP contribution in [0.15, 0.2) is 48.5 Å². The van der Waals surface area contributed by atoms with Gasteiger partial charge in [-0.15, -0.1) is 0 Å². The van der Waals surface area contributed by atoms with Crippen LogP contribution in [0.4, 0.5) is 10.1 Å². The van der Waals surface area contributed by atoms with E-state index in [0.29, 0.717) is 24.5 Å². The van der Waals surface area contributed by atoms with Crippen molar-refractivity contribution in [2.45, 2.75) is 13.5 Å². The molecule has 7 heteroatoms. The smallest absolute Gasteiger partial charge is 0.238 e. The van der Waals surface area contributed by atoms with Crippen LogP contribution < -0.4 is 15.4 Å². The molecule has 0 fully saturated rings. The third-order valence-corrected chi connectivity index (χ3v) is 3.97. The molecule has 0 spiro atoms. The number of carbonyl (C=O) groups excluding carboxylic acids is 2. The molecule has 6 nitrogen and oxygen atoms in total. The zero-order valence-corrected chi connectivity index (χ0v) is 15.5. The lowest BCUT2D eigenvalue weighted by molar-refractivity contribution is -0.123. The van der Waals surface area contributed by atoms with E-state index in [1.54, 1.807) is 35.2 Å². The van der Waals surface area contributed by atoms with E-state index in [2.05, 4.69) is 10.6 Å². The largest absolute Gasteiger partial charge is 0.495 e. The summed E-state index contributed by atoms with van der Waals surface area (Å²) in [6, 6.07) is 13.1. The lowest BCUT2D eigenvalue weighted by Crippen LogP contribution is -2.40. The maximum absolute atomic E-state index is 12.9. The highest BCUT2D eigenvalue weighted by atomic mass is 19.1. The fourth-order valence-electron chi connectivity index (χ4n) is 2.48. The summed E-state index contributed by atoms with van der Waals surface area (Å²) in [7, 11) is 1.54. The van der Waals surface area contributed by atoms with Crippen molar-refractivity contribution in [2.24, 2.45) is 0 Å². The number of nitrogens with zero attached hydrogens (tertiary/aromatic N) is 1. The van der Waals surface area contributed by atoms with Crippen LogP contribution >= 0.6 is 0 Å². The molecular weight excluding hydrogens is 349 g/mol.